The van der Waals surface area contributed by atoms with Crippen LogP contribution in [0.2, 0.25) is 0 Å². The van der Waals surface area contributed by atoms with Crippen LogP contribution in [-0.4, -0.2) is 35.4 Å². The number of methoxy groups -OCH3 is 1. The van der Waals surface area contributed by atoms with Crippen LogP contribution in [0.5, 0.6) is 0 Å². The molecule has 0 bridgehead atoms. The number of nitrogens with zero attached hydrogens (tertiary/aromatic N) is 3. The molecule has 1 N–H and O–H groups in total. The van der Waals surface area contributed by atoms with Crippen LogP contribution in [0.15, 0.2) is 4.52 Å². The van der Waals surface area contributed by atoms with E-state index in [4.69, 9.17) is 9.26 Å². The van der Waals surface area contributed by atoms with Gasteiger partial charge in [-0.1, -0.05) is 12.1 Å². The number of fused-ring (bicyclic) bond motifs is 1. The topological polar surface area (TPSA) is 73.1 Å². The zero-order valence-corrected chi connectivity index (χ0v) is 10.3. The van der Waals surface area contributed by atoms with Gasteiger partial charge in [0.15, 0.2) is 0 Å². The zero-order valence-electron chi connectivity index (χ0n) is 10.3. The summed E-state index contributed by atoms with van der Waals surface area (Å²) in [7, 11) is 1.67. The lowest BCUT2D eigenvalue weighted by molar-refractivity contribution is 0.210. The van der Waals surface area contributed by atoms with Gasteiger partial charge in [0.2, 0.25) is 0 Å². The molecule has 0 aliphatic heterocycles. The van der Waals surface area contributed by atoms with Crippen LogP contribution in [0.1, 0.15) is 18.4 Å². The van der Waals surface area contributed by atoms with Gasteiger partial charge in [-0.3, -0.25) is 0 Å². The van der Waals surface area contributed by atoms with Gasteiger partial charge in [-0.15, -0.1) is 0 Å². The summed E-state index contributed by atoms with van der Waals surface area (Å²) in [4.78, 5) is 8.60. The first kappa shape index (κ1) is 11.8. The molecule has 6 heteroatoms. The minimum absolute atomic E-state index is 0.536. The number of hydrogen-bond acceptors (Lipinski definition) is 6. The van der Waals surface area contributed by atoms with Crippen molar-refractivity contribution in [1.82, 2.24) is 15.1 Å². The summed E-state index contributed by atoms with van der Waals surface area (Å²) in [5.74, 6) is 1.43. The van der Waals surface area contributed by atoms with Crippen molar-refractivity contribution in [2.24, 2.45) is 0 Å². The van der Waals surface area contributed by atoms with Gasteiger partial charge in [-0.05, 0) is 13.3 Å². The van der Waals surface area contributed by atoms with E-state index in [1.165, 1.54) is 0 Å². The summed E-state index contributed by atoms with van der Waals surface area (Å²) in [6, 6.07) is 0. The van der Waals surface area contributed by atoms with Crippen LogP contribution in [-0.2, 0) is 11.2 Å². The molecule has 0 amide bonds. The summed E-state index contributed by atoms with van der Waals surface area (Å²) in [5, 5.41) is 8.08. The van der Waals surface area contributed by atoms with Gasteiger partial charge in [0, 0.05) is 13.7 Å². The minimum atomic E-state index is 0.536. The predicted molar refractivity (Wildman–Crippen MR) is 64.1 cm³/mol. The van der Waals surface area contributed by atoms with Crippen molar-refractivity contribution in [2.75, 3.05) is 25.6 Å². The smallest absolute Gasteiger partial charge is 0.263 e. The third-order valence-corrected chi connectivity index (χ3v) is 2.45. The van der Waals surface area contributed by atoms with Crippen molar-refractivity contribution >= 4 is 16.9 Å². The number of hydrogen-bond donors (Lipinski definition) is 1. The highest BCUT2D eigenvalue weighted by atomic mass is 16.5. The standard InChI is InChI=1S/C11H16N4O2/c1-4-8-9-10(12-5-6-16-3)13-7(2)14-11(9)17-15-8/h4-6H2,1-3H3,(H,12,13,14). The zero-order chi connectivity index (χ0) is 12.3. The molecular formula is C11H16N4O2. The van der Waals surface area contributed by atoms with Crippen LogP contribution in [0.4, 0.5) is 5.82 Å². The molecule has 2 aromatic rings. The van der Waals surface area contributed by atoms with E-state index >= 15 is 0 Å². The Morgan fingerprint density at radius 1 is 1.35 bits per heavy atom. The maximum absolute atomic E-state index is 5.20. The molecule has 0 aliphatic rings. The van der Waals surface area contributed by atoms with Gasteiger partial charge in [0.05, 0.1) is 12.3 Å². The van der Waals surface area contributed by atoms with E-state index < -0.39 is 0 Å². The Balaban J connectivity index is 2.39. The van der Waals surface area contributed by atoms with Crippen LogP contribution in [0.25, 0.3) is 11.1 Å². The lowest BCUT2D eigenvalue weighted by Gasteiger charge is -2.06. The Labute approximate surface area is 99.4 Å². The molecule has 2 aromatic heterocycles. The van der Waals surface area contributed by atoms with Gasteiger partial charge >= 0.3 is 0 Å². The molecule has 2 rings (SSSR count). The van der Waals surface area contributed by atoms with E-state index in [1.54, 1.807) is 7.11 Å². The number of nitrogens with one attached hydrogen (secondary N) is 1. The van der Waals surface area contributed by atoms with E-state index in [0.717, 1.165) is 23.3 Å². The number of ether oxygens (including phenoxy) is 1. The monoisotopic (exact) mass is 236 g/mol. The van der Waals surface area contributed by atoms with Crippen LogP contribution in [0, 0.1) is 6.92 Å². The summed E-state index contributed by atoms with van der Waals surface area (Å²) < 4.78 is 10.2. The predicted octanol–water partition coefficient (Wildman–Crippen LogP) is 1.55. The SMILES string of the molecule is CCc1noc2nc(C)nc(NCCOC)c12. The first-order valence-corrected chi connectivity index (χ1v) is 5.62. The van der Waals surface area contributed by atoms with Gasteiger partial charge < -0.3 is 14.6 Å². The fourth-order valence-electron chi connectivity index (χ4n) is 1.66. The van der Waals surface area contributed by atoms with Crippen molar-refractivity contribution in [1.29, 1.82) is 0 Å². The summed E-state index contributed by atoms with van der Waals surface area (Å²) >= 11 is 0. The average molecular weight is 236 g/mol. The maximum atomic E-state index is 5.20. The van der Waals surface area contributed by atoms with E-state index in [-0.39, 0.29) is 0 Å². The largest absolute Gasteiger partial charge is 0.383 e. The highest BCUT2D eigenvalue weighted by Crippen LogP contribution is 2.24. The highest BCUT2D eigenvalue weighted by molar-refractivity contribution is 5.87. The Morgan fingerprint density at radius 2 is 2.18 bits per heavy atom. The van der Waals surface area contributed by atoms with Gasteiger partial charge in [-0.2, -0.15) is 4.98 Å². The lowest BCUT2D eigenvalue weighted by atomic mass is 10.2. The van der Waals surface area contributed by atoms with E-state index in [2.05, 4.69) is 20.4 Å². The number of aromatic nitrogens is 3. The fourth-order valence-corrected chi connectivity index (χ4v) is 1.66. The molecule has 0 aromatic carbocycles. The lowest BCUT2D eigenvalue weighted by Crippen LogP contribution is -2.10. The quantitative estimate of drug-likeness (QED) is 0.794. The Bertz CT molecular complexity index is 509. The summed E-state index contributed by atoms with van der Waals surface area (Å²) in [6.07, 6.45) is 0.790. The molecule has 0 unspecified atom stereocenters. The molecule has 0 saturated heterocycles. The fraction of sp³-hybridized carbons (Fsp3) is 0.545. The second kappa shape index (κ2) is 5.09. The Hall–Kier alpha value is -1.69. The molecule has 17 heavy (non-hydrogen) atoms. The van der Waals surface area contributed by atoms with Crippen molar-refractivity contribution in [3.63, 3.8) is 0 Å². The second-order valence-corrected chi connectivity index (χ2v) is 3.70. The van der Waals surface area contributed by atoms with Crippen molar-refractivity contribution in [2.45, 2.75) is 20.3 Å². The Morgan fingerprint density at radius 3 is 2.88 bits per heavy atom. The molecule has 0 saturated carbocycles. The van der Waals surface area contributed by atoms with E-state index in [0.29, 0.717) is 24.7 Å². The van der Waals surface area contributed by atoms with Crippen LogP contribution in [0.3, 0.4) is 0 Å². The first-order chi connectivity index (χ1) is 8.26. The summed E-state index contributed by atoms with van der Waals surface area (Å²) in [5.41, 5.74) is 1.41. The van der Waals surface area contributed by atoms with Crippen molar-refractivity contribution in [3.8, 4) is 0 Å². The van der Waals surface area contributed by atoms with E-state index in [1.807, 2.05) is 13.8 Å². The number of aryl methyl sites for hydroxylation is 2. The molecule has 0 fully saturated rings. The average Bonchev–Trinajstić information content (AvgIpc) is 2.72. The molecule has 92 valence electrons. The molecule has 0 spiro atoms. The number of rotatable bonds is 5. The third kappa shape index (κ3) is 2.36. The van der Waals surface area contributed by atoms with E-state index in [9.17, 15) is 0 Å². The highest BCUT2D eigenvalue weighted by Gasteiger charge is 2.14. The van der Waals surface area contributed by atoms with Crippen molar-refractivity contribution in [3.05, 3.63) is 11.5 Å². The molecule has 0 radical (unpaired) electrons. The molecule has 2 heterocycles. The molecule has 6 nitrogen and oxygen atoms in total. The second-order valence-electron chi connectivity index (χ2n) is 3.70. The van der Waals surface area contributed by atoms with Crippen LogP contribution >= 0.6 is 0 Å². The van der Waals surface area contributed by atoms with Gasteiger partial charge in [0.25, 0.3) is 5.71 Å². The summed E-state index contributed by atoms with van der Waals surface area (Å²) in [6.45, 7) is 5.17. The maximum Gasteiger partial charge on any atom is 0.263 e. The minimum Gasteiger partial charge on any atom is -0.383 e. The van der Waals surface area contributed by atoms with Gasteiger partial charge in [0.1, 0.15) is 17.0 Å². The molecular weight excluding hydrogens is 220 g/mol. The van der Waals surface area contributed by atoms with Crippen LogP contribution < -0.4 is 5.32 Å². The first-order valence-electron chi connectivity index (χ1n) is 5.62. The third-order valence-electron chi connectivity index (χ3n) is 2.45. The molecule has 0 atom stereocenters. The van der Waals surface area contributed by atoms with Gasteiger partial charge in [-0.25, -0.2) is 4.98 Å². The number of anilines is 1. The molecule has 0 aliphatic carbocycles. The Kier molecular flexibility index (Phi) is 3.53. The van der Waals surface area contributed by atoms with Crippen molar-refractivity contribution < 1.29 is 9.26 Å². The normalized spacial score (nSPS) is 11.0.